The second-order valence-electron chi connectivity index (χ2n) is 7.22. The standard InChI is InChI=1S/C16H31NO2/c1-6-16(5)8-7-13(15(3,4)12(16)2)19-14-11-17-9-10-18-14/h12-14,17H,6-11H2,1-5H3. The molecule has 0 radical (unpaired) electrons. The van der Waals surface area contributed by atoms with E-state index >= 15 is 0 Å². The van der Waals surface area contributed by atoms with Gasteiger partial charge in [-0.3, -0.25) is 0 Å². The van der Waals surface area contributed by atoms with Gasteiger partial charge in [0.2, 0.25) is 0 Å². The van der Waals surface area contributed by atoms with Crippen molar-refractivity contribution in [3.8, 4) is 0 Å². The van der Waals surface area contributed by atoms with E-state index in [1.165, 1.54) is 12.8 Å². The third-order valence-corrected chi connectivity index (χ3v) is 5.99. The highest BCUT2D eigenvalue weighted by Crippen LogP contribution is 2.53. The lowest BCUT2D eigenvalue weighted by atomic mass is 9.55. The normalized spacial score (nSPS) is 43.1. The number of hydrogen-bond donors (Lipinski definition) is 1. The van der Waals surface area contributed by atoms with E-state index in [0.29, 0.717) is 17.4 Å². The summed E-state index contributed by atoms with van der Waals surface area (Å²) in [4.78, 5) is 0. The number of nitrogens with one attached hydrogen (secondary N) is 1. The van der Waals surface area contributed by atoms with Gasteiger partial charge in [0.15, 0.2) is 6.29 Å². The van der Waals surface area contributed by atoms with Crippen molar-refractivity contribution in [1.29, 1.82) is 0 Å². The minimum atomic E-state index is -0.0591. The van der Waals surface area contributed by atoms with Crippen molar-refractivity contribution in [2.75, 3.05) is 19.7 Å². The molecule has 1 saturated carbocycles. The first-order valence-electron chi connectivity index (χ1n) is 7.88. The summed E-state index contributed by atoms with van der Waals surface area (Å²) in [5, 5.41) is 3.34. The molecule has 4 unspecified atom stereocenters. The Morgan fingerprint density at radius 2 is 2.05 bits per heavy atom. The van der Waals surface area contributed by atoms with Gasteiger partial charge in [0.05, 0.1) is 12.7 Å². The second-order valence-corrected chi connectivity index (χ2v) is 7.22. The largest absolute Gasteiger partial charge is 0.350 e. The monoisotopic (exact) mass is 269 g/mol. The van der Waals surface area contributed by atoms with Gasteiger partial charge in [-0.2, -0.15) is 0 Å². The van der Waals surface area contributed by atoms with Gasteiger partial charge in [-0.05, 0) is 29.6 Å². The summed E-state index contributed by atoms with van der Waals surface area (Å²) in [6.45, 7) is 14.4. The molecule has 4 atom stereocenters. The van der Waals surface area contributed by atoms with Gasteiger partial charge in [0.25, 0.3) is 0 Å². The molecule has 19 heavy (non-hydrogen) atoms. The van der Waals surface area contributed by atoms with Gasteiger partial charge in [-0.25, -0.2) is 0 Å². The molecule has 0 bridgehead atoms. The molecule has 1 saturated heterocycles. The van der Waals surface area contributed by atoms with Crippen LogP contribution >= 0.6 is 0 Å². The Morgan fingerprint density at radius 3 is 2.63 bits per heavy atom. The van der Waals surface area contributed by atoms with E-state index in [0.717, 1.165) is 26.1 Å². The van der Waals surface area contributed by atoms with Gasteiger partial charge in [-0.15, -0.1) is 0 Å². The smallest absolute Gasteiger partial charge is 0.170 e. The molecule has 2 fully saturated rings. The van der Waals surface area contributed by atoms with Crippen molar-refractivity contribution in [2.24, 2.45) is 16.7 Å². The van der Waals surface area contributed by atoms with E-state index in [4.69, 9.17) is 9.47 Å². The van der Waals surface area contributed by atoms with Gasteiger partial charge in [0.1, 0.15) is 0 Å². The van der Waals surface area contributed by atoms with Crippen LogP contribution in [0.4, 0.5) is 0 Å². The van der Waals surface area contributed by atoms with E-state index in [-0.39, 0.29) is 11.7 Å². The van der Waals surface area contributed by atoms with Gasteiger partial charge in [-0.1, -0.05) is 41.0 Å². The van der Waals surface area contributed by atoms with Crippen LogP contribution in [0.15, 0.2) is 0 Å². The fraction of sp³-hybridized carbons (Fsp3) is 1.00. The van der Waals surface area contributed by atoms with Crippen LogP contribution in [0, 0.1) is 16.7 Å². The first kappa shape index (κ1) is 15.3. The molecule has 3 heteroatoms. The number of morpholine rings is 1. The molecule has 1 heterocycles. The highest BCUT2D eigenvalue weighted by molar-refractivity contribution is 4.98. The Morgan fingerprint density at radius 1 is 1.32 bits per heavy atom. The Kier molecular flexibility index (Phi) is 4.59. The van der Waals surface area contributed by atoms with Crippen molar-refractivity contribution < 1.29 is 9.47 Å². The third kappa shape index (κ3) is 2.98. The molecule has 0 aromatic heterocycles. The van der Waals surface area contributed by atoms with Crippen molar-refractivity contribution in [2.45, 2.75) is 66.3 Å². The van der Waals surface area contributed by atoms with E-state index in [9.17, 15) is 0 Å². The molecule has 0 aromatic carbocycles. The van der Waals surface area contributed by atoms with Crippen molar-refractivity contribution in [3.63, 3.8) is 0 Å². The molecule has 3 nitrogen and oxygen atoms in total. The summed E-state index contributed by atoms with van der Waals surface area (Å²) in [6, 6.07) is 0. The molecule has 1 aliphatic heterocycles. The minimum absolute atomic E-state index is 0.0591. The second kappa shape index (κ2) is 5.71. The van der Waals surface area contributed by atoms with Crippen molar-refractivity contribution in [3.05, 3.63) is 0 Å². The zero-order chi connectivity index (χ0) is 14.1. The van der Waals surface area contributed by atoms with Crippen LogP contribution in [0.5, 0.6) is 0 Å². The van der Waals surface area contributed by atoms with E-state index in [2.05, 4.69) is 39.9 Å². The third-order valence-electron chi connectivity index (χ3n) is 5.99. The number of ether oxygens (including phenoxy) is 2. The summed E-state index contributed by atoms with van der Waals surface area (Å²) < 4.78 is 12.0. The zero-order valence-electron chi connectivity index (χ0n) is 13.3. The Balaban J connectivity index is 2.02. The summed E-state index contributed by atoms with van der Waals surface area (Å²) in [7, 11) is 0. The number of hydrogen-bond acceptors (Lipinski definition) is 3. The lowest BCUT2D eigenvalue weighted by Gasteiger charge is -2.53. The van der Waals surface area contributed by atoms with Crippen molar-refractivity contribution in [1.82, 2.24) is 5.32 Å². The minimum Gasteiger partial charge on any atom is -0.350 e. The summed E-state index contributed by atoms with van der Waals surface area (Å²) >= 11 is 0. The molecule has 1 N–H and O–H groups in total. The van der Waals surface area contributed by atoms with Crippen molar-refractivity contribution >= 4 is 0 Å². The lowest BCUT2D eigenvalue weighted by Crippen LogP contribution is -2.52. The van der Waals surface area contributed by atoms with Crippen LogP contribution in [0.25, 0.3) is 0 Å². The maximum Gasteiger partial charge on any atom is 0.170 e. The van der Waals surface area contributed by atoms with Crippen LogP contribution in [-0.4, -0.2) is 32.1 Å². The first-order chi connectivity index (χ1) is 8.90. The number of rotatable bonds is 3. The van der Waals surface area contributed by atoms with Crippen LogP contribution in [-0.2, 0) is 9.47 Å². The Bertz CT molecular complexity index is 299. The molecule has 2 rings (SSSR count). The SMILES string of the molecule is CCC1(C)CCC(OC2CNCCO2)C(C)(C)C1C. The maximum atomic E-state index is 6.27. The quantitative estimate of drug-likeness (QED) is 0.853. The highest BCUT2D eigenvalue weighted by atomic mass is 16.7. The molecular formula is C16H31NO2. The molecule has 0 spiro atoms. The predicted molar refractivity (Wildman–Crippen MR) is 78.1 cm³/mol. The lowest BCUT2D eigenvalue weighted by molar-refractivity contribution is -0.227. The summed E-state index contributed by atoms with van der Waals surface area (Å²) in [5.41, 5.74) is 0.666. The average Bonchev–Trinajstić information content (AvgIpc) is 2.41. The van der Waals surface area contributed by atoms with E-state index < -0.39 is 0 Å². The summed E-state index contributed by atoms with van der Waals surface area (Å²) in [5.74, 6) is 0.667. The maximum absolute atomic E-state index is 6.27. The van der Waals surface area contributed by atoms with Crippen LogP contribution in [0.1, 0.15) is 53.9 Å². The predicted octanol–water partition coefficient (Wildman–Crippen LogP) is 3.19. The first-order valence-corrected chi connectivity index (χ1v) is 7.88. The molecule has 0 amide bonds. The van der Waals surface area contributed by atoms with Crippen LogP contribution in [0.3, 0.4) is 0 Å². The Hall–Kier alpha value is -0.120. The van der Waals surface area contributed by atoms with E-state index in [1.54, 1.807) is 0 Å². The van der Waals surface area contributed by atoms with Crippen LogP contribution < -0.4 is 5.32 Å². The highest BCUT2D eigenvalue weighted by Gasteiger charge is 2.49. The molecule has 1 aliphatic carbocycles. The van der Waals surface area contributed by atoms with Crippen LogP contribution in [0.2, 0.25) is 0 Å². The summed E-state index contributed by atoms with van der Waals surface area (Å²) in [6.07, 6.45) is 3.93. The fourth-order valence-electron chi connectivity index (χ4n) is 3.76. The van der Waals surface area contributed by atoms with Gasteiger partial charge >= 0.3 is 0 Å². The van der Waals surface area contributed by atoms with E-state index in [1.807, 2.05) is 0 Å². The van der Waals surface area contributed by atoms with Gasteiger partial charge < -0.3 is 14.8 Å². The average molecular weight is 269 g/mol. The molecule has 112 valence electrons. The fourth-order valence-corrected chi connectivity index (χ4v) is 3.76. The molecular weight excluding hydrogens is 238 g/mol. The topological polar surface area (TPSA) is 30.5 Å². The zero-order valence-corrected chi connectivity index (χ0v) is 13.3. The molecule has 0 aromatic rings. The Labute approximate surface area is 118 Å². The molecule has 2 aliphatic rings. The van der Waals surface area contributed by atoms with Gasteiger partial charge in [0, 0.05) is 13.1 Å².